The van der Waals surface area contributed by atoms with E-state index < -0.39 is 12.2 Å². The fourth-order valence-corrected chi connectivity index (χ4v) is 3.77. The quantitative estimate of drug-likeness (QED) is 0.778. The number of allylic oxidation sites excluding steroid dienone is 3. The van der Waals surface area contributed by atoms with Crippen molar-refractivity contribution in [2.24, 2.45) is 5.73 Å². The number of Topliss-reactive ketones (excluding diaryl/α,β-unsaturated/α-hetero) is 3. The van der Waals surface area contributed by atoms with Gasteiger partial charge in [0.2, 0.25) is 0 Å². The van der Waals surface area contributed by atoms with Gasteiger partial charge in [0.05, 0.1) is 5.57 Å². The van der Waals surface area contributed by atoms with Gasteiger partial charge >= 0.3 is 0 Å². The first-order valence-corrected chi connectivity index (χ1v) is 8.76. The van der Waals surface area contributed by atoms with Crippen LogP contribution in [0, 0.1) is 0 Å². The third kappa shape index (κ3) is 2.70. The Morgan fingerprint density at radius 1 is 0.929 bits per heavy atom. The molecule has 6 heteroatoms. The Morgan fingerprint density at radius 3 is 2.00 bits per heavy atom. The summed E-state index contributed by atoms with van der Waals surface area (Å²) in [7, 11) is 0. The van der Waals surface area contributed by atoms with Crippen LogP contribution < -0.4 is 5.73 Å². The molecule has 0 heterocycles. The third-order valence-electron chi connectivity index (χ3n) is 4.81. The zero-order valence-corrected chi connectivity index (χ0v) is 15.1. The van der Waals surface area contributed by atoms with E-state index in [0.717, 1.165) is 0 Å². The van der Waals surface area contributed by atoms with Gasteiger partial charge < -0.3 is 9.84 Å². The number of carbonyl (C=O) groups excluding carboxylic acids is 3. The first kappa shape index (κ1) is 18.0. The van der Waals surface area contributed by atoms with E-state index in [1.807, 2.05) is 0 Å². The summed E-state index contributed by atoms with van der Waals surface area (Å²) in [4.78, 5) is 38.3. The molecule has 1 atom stereocenters. The van der Waals surface area contributed by atoms with Crippen molar-refractivity contribution in [1.82, 2.24) is 0 Å². The van der Waals surface area contributed by atoms with Gasteiger partial charge in [0.15, 0.2) is 11.6 Å². The van der Waals surface area contributed by atoms with Gasteiger partial charge in [-0.3, -0.25) is 20.1 Å². The number of rotatable bonds is 5. The molecule has 2 aliphatic carbocycles. The number of fused-ring (bicyclic) bond motifs is 2. The molecule has 0 spiro atoms. The molecule has 4 rings (SSSR count). The molecular weight excluding hydrogens is 358 g/mol. The molecule has 1 unspecified atom stereocenters. The molecule has 2 aliphatic rings. The van der Waals surface area contributed by atoms with Crippen molar-refractivity contribution in [1.29, 1.82) is 0 Å². The van der Waals surface area contributed by atoms with Crippen molar-refractivity contribution in [2.75, 3.05) is 0 Å². The minimum atomic E-state index is -1.67. The summed E-state index contributed by atoms with van der Waals surface area (Å²) in [5.74, 6) is -0.839. The number of aliphatic hydroxyl groups is 1. The van der Waals surface area contributed by atoms with Crippen LogP contribution in [-0.4, -0.2) is 28.9 Å². The largest absolute Gasteiger partial charge is 0.450 e. The molecule has 2 aromatic rings. The van der Waals surface area contributed by atoms with E-state index in [1.54, 1.807) is 48.5 Å². The second-order valence-corrected chi connectivity index (χ2v) is 6.69. The maximum absolute atomic E-state index is 13.2. The predicted octanol–water partition coefficient (Wildman–Crippen LogP) is 2.47. The lowest BCUT2D eigenvalue weighted by Gasteiger charge is -2.13. The van der Waals surface area contributed by atoms with Crippen molar-refractivity contribution in [3.05, 3.63) is 81.9 Å². The van der Waals surface area contributed by atoms with E-state index in [2.05, 4.69) is 0 Å². The Labute approximate surface area is 160 Å². The van der Waals surface area contributed by atoms with E-state index in [9.17, 15) is 19.5 Å². The highest BCUT2D eigenvalue weighted by molar-refractivity contribution is 6.34. The van der Waals surface area contributed by atoms with Crippen molar-refractivity contribution in [3.8, 4) is 0 Å². The lowest BCUT2D eigenvalue weighted by molar-refractivity contribution is -0.116. The number of nitrogens with two attached hydrogens (primary N) is 1. The first-order valence-electron chi connectivity index (χ1n) is 8.76. The average Bonchev–Trinajstić information content (AvgIpc) is 3.07. The minimum absolute atomic E-state index is 0.00364. The average molecular weight is 375 g/mol. The van der Waals surface area contributed by atoms with Crippen molar-refractivity contribution in [3.63, 3.8) is 0 Å². The van der Waals surface area contributed by atoms with Gasteiger partial charge in [0.1, 0.15) is 11.5 Å². The van der Waals surface area contributed by atoms with E-state index in [-0.39, 0.29) is 34.9 Å². The van der Waals surface area contributed by atoms with Gasteiger partial charge in [-0.15, -0.1) is 0 Å². The Bertz CT molecular complexity index is 1110. The molecule has 0 amide bonds. The van der Waals surface area contributed by atoms with Crippen LogP contribution in [0.3, 0.4) is 0 Å². The number of benzene rings is 2. The summed E-state index contributed by atoms with van der Waals surface area (Å²) in [6.07, 6.45) is -1.66. The van der Waals surface area contributed by atoms with Gasteiger partial charge in [-0.1, -0.05) is 48.5 Å². The fourth-order valence-electron chi connectivity index (χ4n) is 3.77. The van der Waals surface area contributed by atoms with Crippen LogP contribution in [0.2, 0.25) is 0 Å². The molecule has 0 radical (unpaired) electrons. The molecule has 140 valence electrons. The summed E-state index contributed by atoms with van der Waals surface area (Å²) in [5, 5.41) is 9.59. The number of aliphatic hydroxyl groups excluding tert-OH is 1. The third-order valence-corrected chi connectivity index (χ3v) is 4.81. The maximum Gasteiger partial charge on any atom is 0.254 e. The molecular formula is C22H17NO5. The van der Waals surface area contributed by atoms with E-state index >= 15 is 0 Å². The smallest absolute Gasteiger partial charge is 0.254 e. The van der Waals surface area contributed by atoms with Gasteiger partial charge in [-0.25, -0.2) is 0 Å². The molecule has 0 saturated carbocycles. The van der Waals surface area contributed by atoms with Crippen LogP contribution in [0.4, 0.5) is 0 Å². The van der Waals surface area contributed by atoms with Gasteiger partial charge in [-0.2, -0.15) is 0 Å². The summed E-state index contributed by atoms with van der Waals surface area (Å²) in [5.41, 5.74) is 7.91. The lowest BCUT2D eigenvalue weighted by atomic mass is 9.94. The molecule has 28 heavy (non-hydrogen) atoms. The zero-order chi connectivity index (χ0) is 20.0. The Hall–Kier alpha value is -3.35. The number of ether oxygens (including phenoxy) is 1. The van der Waals surface area contributed by atoms with Crippen LogP contribution in [-0.2, 0) is 9.53 Å². The van der Waals surface area contributed by atoms with Crippen molar-refractivity contribution in [2.45, 2.75) is 19.8 Å². The van der Waals surface area contributed by atoms with E-state index in [4.69, 9.17) is 10.5 Å². The number of carbonyl (C=O) groups is 3. The van der Waals surface area contributed by atoms with Gasteiger partial charge in [0, 0.05) is 28.7 Å². The number of hydrogen-bond acceptors (Lipinski definition) is 6. The SMILES string of the molecule is CC(=O)CC1=C(C2=C(OC(N)O)c3ccccc3C2=O)C(=O)c2ccccc21. The fraction of sp³-hybridized carbons (Fsp3) is 0.136. The van der Waals surface area contributed by atoms with Crippen molar-refractivity contribution >= 4 is 28.7 Å². The molecule has 0 aliphatic heterocycles. The summed E-state index contributed by atoms with van der Waals surface area (Å²) in [6.45, 7) is 1.43. The van der Waals surface area contributed by atoms with Gasteiger partial charge in [0.25, 0.3) is 6.41 Å². The summed E-state index contributed by atoms with van der Waals surface area (Å²) < 4.78 is 5.35. The van der Waals surface area contributed by atoms with Crippen LogP contribution in [0.1, 0.15) is 45.2 Å². The second kappa shape index (κ2) is 6.67. The molecule has 6 nitrogen and oxygen atoms in total. The molecule has 2 aromatic carbocycles. The Kier molecular flexibility index (Phi) is 4.30. The Balaban J connectivity index is 2.00. The van der Waals surface area contributed by atoms with Crippen LogP contribution in [0.5, 0.6) is 0 Å². The molecule has 0 aromatic heterocycles. The highest BCUT2D eigenvalue weighted by Crippen LogP contribution is 2.45. The van der Waals surface area contributed by atoms with Crippen LogP contribution in [0.25, 0.3) is 11.3 Å². The van der Waals surface area contributed by atoms with Crippen LogP contribution >= 0.6 is 0 Å². The highest BCUT2D eigenvalue weighted by Gasteiger charge is 2.41. The topological polar surface area (TPSA) is 107 Å². The van der Waals surface area contributed by atoms with E-state index in [0.29, 0.717) is 27.8 Å². The predicted molar refractivity (Wildman–Crippen MR) is 102 cm³/mol. The molecule has 0 saturated heterocycles. The van der Waals surface area contributed by atoms with Crippen molar-refractivity contribution < 1.29 is 24.2 Å². The monoisotopic (exact) mass is 375 g/mol. The second-order valence-electron chi connectivity index (χ2n) is 6.69. The minimum Gasteiger partial charge on any atom is -0.450 e. The lowest BCUT2D eigenvalue weighted by Crippen LogP contribution is -2.22. The Morgan fingerprint density at radius 2 is 1.43 bits per heavy atom. The van der Waals surface area contributed by atoms with E-state index in [1.165, 1.54) is 6.92 Å². The van der Waals surface area contributed by atoms with Gasteiger partial charge in [-0.05, 0) is 18.1 Å². The number of hydrogen-bond donors (Lipinski definition) is 2. The standard InChI is InChI=1S/C22H17NO5/c1-11(24)10-16-12-6-2-3-7-13(12)19(25)17(16)18-20(26)14-8-4-5-9-15(14)21(18)28-22(23)27/h2-9,22,27H,10,23H2,1H3. The normalized spacial score (nSPS) is 16.4. The summed E-state index contributed by atoms with van der Waals surface area (Å²) >= 11 is 0. The molecule has 0 bridgehead atoms. The molecule has 0 fully saturated rings. The zero-order valence-electron chi connectivity index (χ0n) is 15.1. The first-order chi connectivity index (χ1) is 13.4. The summed E-state index contributed by atoms with van der Waals surface area (Å²) in [6, 6.07) is 13.6. The van der Waals surface area contributed by atoms with Crippen LogP contribution in [0.15, 0.2) is 59.7 Å². The number of ketones is 3. The highest BCUT2D eigenvalue weighted by atomic mass is 16.6. The maximum atomic E-state index is 13.2. The molecule has 3 N–H and O–H groups in total.